The fourth-order valence-electron chi connectivity index (χ4n) is 1.63. The van der Waals surface area contributed by atoms with Gasteiger partial charge in [-0.1, -0.05) is 6.92 Å². The molecule has 1 amide bonds. The maximum Gasteiger partial charge on any atom is 0.250 e. The Morgan fingerprint density at radius 1 is 1.41 bits per heavy atom. The Labute approximate surface area is 99.3 Å². The average molecular weight is 230 g/mol. The molecular weight excluding hydrogens is 216 g/mol. The highest BCUT2D eigenvalue weighted by atomic mass is 16.1. The number of nitrogens with zero attached hydrogens (tertiary/aromatic N) is 3. The van der Waals surface area contributed by atoms with Crippen molar-refractivity contribution >= 4 is 5.91 Å². The van der Waals surface area contributed by atoms with Crippen molar-refractivity contribution in [3.63, 3.8) is 0 Å². The average Bonchev–Trinajstić information content (AvgIpc) is 2.78. The normalized spacial score (nSPS) is 10.4. The second kappa shape index (κ2) is 4.78. The molecule has 0 aliphatic rings. The van der Waals surface area contributed by atoms with Gasteiger partial charge >= 0.3 is 0 Å². The third-order valence-electron chi connectivity index (χ3n) is 2.47. The van der Waals surface area contributed by atoms with Gasteiger partial charge in [0.05, 0.1) is 5.56 Å². The van der Waals surface area contributed by atoms with E-state index >= 15 is 0 Å². The van der Waals surface area contributed by atoms with E-state index in [2.05, 4.69) is 16.9 Å². The lowest BCUT2D eigenvalue weighted by Gasteiger charge is -2.06. The summed E-state index contributed by atoms with van der Waals surface area (Å²) in [5.74, 6) is 1.24. The van der Waals surface area contributed by atoms with E-state index in [0.29, 0.717) is 5.56 Å². The van der Waals surface area contributed by atoms with E-state index in [0.717, 1.165) is 24.5 Å². The van der Waals surface area contributed by atoms with E-state index in [4.69, 9.17) is 5.73 Å². The second-order valence-electron chi connectivity index (χ2n) is 3.73. The lowest BCUT2D eigenvalue weighted by Crippen LogP contribution is -2.12. The maximum absolute atomic E-state index is 10.9. The monoisotopic (exact) mass is 230 g/mol. The van der Waals surface area contributed by atoms with E-state index in [1.165, 1.54) is 6.20 Å². The molecular formula is C12H14N4O. The van der Waals surface area contributed by atoms with Crippen LogP contribution in [0.15, 0.2) is 30.7 Å². The molecule has 88 valence electrons. The third kappa shape index (κ3) is 2.33. The molecule has 17 heavy (non-hydrogen) atoms. The summed E-state index contributed by atoms with van der Waals surface area (Å²) in [7, 11) is 0. The smallest absolute Gasteiger partial charge is 0.250 e. The van der Waals surface area contributed by atoms with Gasteiger partial charge in [-0.3, -0.25) is 9.36 Å². The highest BCUT2D eigenvalue weighted by molar-refractivity contribution is 5.92. The highest BCUT2D eigenvalue weighted by Crippen LogP contribution is 2.10. The largest absolute Gasteiger partial charge is 0.366 e. The molecule has 0 aliphatic heterocycles. The zero-order valence-corrected chi connectivity index (χ0v) is 9.63. The standard InChI is InChI=1S/C12H14N4O/c1-2-3-10-14-6-7-16(10)11-5-4-9(8-15-11)12(13)17/h4-8H,2-3H2,1H3,(H2,13,17). The van der Waals surface area contributed by atoms with Crippen molar-refractivity contribution in [3.05, 3.63) is 42.1 Å². The van der Waals surface area contributed by atoms with Gasteiger partial charge in [-0.05, 0) is 18.6 Å². The lowest BCUT2D eigenvalue weighted by molar-refractivity contribution is 0.1000. The van der Waals surface area contributed by atoms with Crippen LogP contribution in [0.4, 0.5) is 0 Å². The van der Waals surface area contributed by atoms with Crippen LogP contribution in [-0.2, 0) is 6.42 Å². The van der Waals surface area contributed by atoms with Crippen LogP contribution in [0.2, 0.25) is 0 Å². The number of carbonyl (C=O) groups is 1. The van der Waals surface area contributed by atoms with Crippen molar-refractivity contribution in [1.82, 2.24) is 14.5 Å². The number of carbonyl (C=O) groups excluding carboxylic acids is 1. The third-order valence-corrected chi connectivity index (χ3v) is 2.47. The number of aromatic nitrogens is 3. The van der Waals surface area contributed by atoms with Crippen LogP contribution in [0.5, 0.6) is 0 Å². The highest BCUT2D eigenvalue weighted by Gasteiger charge is 2.06. The maximum atomic E-state index is 10.9. The number of hydrogen-bond acceptors (Lipinski definition) is 3. The first kappa shape index (κ1) is 11.3. The summed E-state index contributed by atoms with van der Waals surface area (Å²) in [5, 5.41) is 0. The van der Waals surface area contributed by atoms with Gasteiger partial charge in [0.15, 0.2) is 0 Å². The molecule has 5 nitrogen and oxygen atoms in total. The van der Waals surface area contributed by atoms with Gasteiger partial charge in [-0.25, -0.2) is 9.97 Å². The summed E-state index contributed by atoms with van der Waals surface area (Å²) in [6, 6.07) is 3.43. The molecule has 0 saturated heterocycles. The lowest BCUT2D eigenvalue weighted by atomic mass is 10.2. The molecule has 2 heterocycles. The first-order chi connectivity index (χ1) is 8.22. The molecule has 0 spiro atoms. The molecule has 2 aromatic rings. The number of imidazole rings is 1. The molecule has 5 heteroatoms. The zero-order chi connectivity index (χ0) is 12.3. The molecule has 0 aromatic carbocycles. The van der Waals surface area contributed by atoms with Crippen molar-refractivity contribution < 1.29 is 4.79 Å². The minimum atomic E-state index is -0.469. The summed E-state index contributed by atoms with van der Waals surface area (Å²) in [5.41, 5.74) is 5.57. The summed E-state index contributed by atoms with van der Waals surface area (Å²) < 4.78 is 1.91. The summed E-state index contributed by atoms with van der Waals surface area (Å²) in [6.07, 6.45) is 7.00. The number of rotatable bonds is 4. The number of amides is 1. The van der Waals surface area contributed by atoms with E-state index in [1.54, 1.807) is 18.3 Å². The number of pyridine rings is 1. The molecule has 2 N–H and O–H groups in total. The van der Waals surface area contributed by atoms with Gasteiger partial charge in [-0.2, -0.15) is 0 Å². The van der Waals surface area contributed by atoms with Gasteiger partial charge in [0.1, 0.15) is 11.6 Å². The first-order valence-electron chi connectivity index (χ1n) is 5.51. The Morgan fingerprint density at radius 3 is 2.82 bits per heavy atom. The molecule has 0 fully saturated rings. The van der Waals surface area contributed by atoms with E-state index in [9.17, 15) is 4.79 Å². The molecule has 0 radical (unpaired) electrons. The van der Waals surface area contributed by atoms with E-state index in [-0.39, 0.29) is 0 Å². The molecule has 0 unspecified atom stereocenters. The van der Waals surface area contributed by atoms with Crippen molar-refractivity contribution in [1.29, 1.82) is 0 Å². The van der Waals surface area contributed by atoms with Crippen molar-refractivity contribution in [2.75, 3.05) is 0 Å². The fourth-order valence-corrected chi connectivity index (χ4v) is 1.63. The van der Waals surface area contributed by atoms with Crippen LogP contribution >= 0.6 is 0 Å². The molecule has 2 rings (SSSR count). The summed E-state index contributed by atoms with van der Waals surface area (Å²) in [6.45, 7) is 2.10. The van der Waals surface area contributed by atoms with E-state index < -0.39 is 5.91 Å². The summed E-state index contributed by atoms with van der Waals surface area (Å²) >= 11 is 0. The zero-order valence-electron chi connectivity index (χ0n) is 9.63. The fraction of sp³-hybridized carbons (Fsp3) is 0.250. The van der Waals surface area contributed by atoms with Crippen LogP contribution in [0.1, 0.15) is 29.5 Å². The first-order valence-corrected chi connectivity index (χ1v) is 5.51. The molecule has 0 bridgehead atoms. The van der Waals surface area contributed by atoms with E-state index in [1.807, 2.05) is 10.8 Å². The molecule has 0 atom stereocenters. The van der Waals surface area contributed by atoms with Gasteiger partial charge in [0.25, 0.3) is 0 Å². The Morgan fingerprint density at radius 2 is 2.24 bits per heavy atom. The van der Waals surface area contributed by atoms with Crippen molar-refractivity contribution in [3.8, 4) is 5.82 Å². The topological polar surface area (TPSA) is 73.8 Å². The minimum Gasteiger partial charge on any atom is -0.366 e. The van der Waals surface area contributed by atoms with Crippen LogP contribution in [0, 0.1) is 0 Å². The summed E-state index contributed by atoms with van der Waals surface area (Å²) in [4.78, 5) is 19.4. The van der Waals surface area contributed by atoms with Gasteiger partial charge in [0, 0.05) is 25.0 Å². The van der Waals surface area contributed by atoms with Crippen LogP contribution in [-0.4, -0.2) is 20.4 Å². The van der Waals surface area contributed by atoms with Crippen LogP contribution in [0.3, 0.4) is 0 Å². The van der Waals surface area contributed by atoms with Crippen LogP contribution in [0.25, 0.3) is 5.82 Å². The molecule has 0 saturated carbocycles. The van der Waals surface area contributed by atoms with Gasteiger partial charge < -0.3 is 5.73 Å². The van der Waals surface area contributed by atoms with Gasteiger partial charge in [-0.15, -0.1) is 0 Å². The van der Waals surface area contributed by atoms with Crippen LogP contribution < -0.4 is 5.73 Å². The predicted octanol–water partition coefficient (Wildman–Crippen LogP) is 1.32. The second-order valence-corrected chi connectivity index (χ2v) is 3.73. The number of nitrogens with two attached hydrogens (primary N) is 1. The SMILES string of the molecule is CCCc1nccn1-c1ccc(C(N)=O)cn1. The Balaban J connectivity index is 2.33. The molecule has 0 aliphatic carbocycles. The van der Waals surface area contributed by atoms with Crippen molar-refractivity contribution in [2.24, 2.45) is 5.73 Å². The molecule has 2 aromatic heterocycles. The Kier molecular flexibility index (Phi) is 3.18. The van der Waals surface area contributed by atoms with Gasteiger partial charge in [0.2, 0.25) is 5.91 Å². The predicted molar refractivity (Wildman–Crippen MR) is 63.9 cm³/mol. The quantitative estimate of drug-likeness (QED) is 0.860. The number of primary amides is 1. The number of aryl methyl sites for hydroxylation is 1. The Bertz CT molecular complexity index is 516. The minimum absolute atomic E-state index is 0.408. The number of hydrogen-bond donors (Lipinski definition) is 1. The Hall–Kier alpha value is -2.17. The van der Waals surface area contributed by atoms with Crippen molar-refractivity contribution in [2.45, 2.75) is 19.8 Å².